The third kappa shape index (κ3) is 4.43. The summed E-state index contributed by atoms with van der Waals surface area (Å²) in [6.07, 6.45) is 2.18. The second kappa shape index (κ2) is 9.37. The van der Waals surface area contributed by atoms with Crippen LogP contribution in [0, 0.1) is 5.92 Å². The first-order chi connectivity index (χ1) is 15.5. The van der Waals surface area contributed by atoms with E-state index >= 15 is 0 Å². The standard InChI is InChI=1S/C27H28N2O3/c1-20-9-8-18-29(19-20)25(30)21-14-16-24(17-15-21)28-26(31)27(32,22-10-4-2-5-11-22)23-12-6-3-7-13-23/h2-7,10-17,20,32H,8-9,18-19H2,1H3,(H,28,31)/t20-/m1/s1. The van der Waals surface area contributed by atoms with Crippen LogP contribution in [-0.4, -0.2) is 34.9 Å². The fourth-order valence-corrected chi connectivity index (χ4v) is 4.26. The Morgan fingerprint density at radius 2 is 1.47 bits per heavy atom. The van der Waals surface area contributed by atoms with Gasteiger partial charge in [-0.05, 0) is 54.2 Å². The normalized spacial score (nSPS) is 16.4. The number of likely N-dealkylation sites (tertiary alicyclic amines) is 1. The average Bonchev–Trinajstić information content (AvgIpc) is 2.84. The molecule has 4 rings (SSSR count). The summed E-state index contributed by atoms with van der Waals surface area (Å²) < 4.78 is 0. The van der Waals surface area contributed by atoms with Crippen LogP contribution < -0.4 is 5.32 Å². The van der Waals surface area contributed by atoms with E-state index in [9.17, 15) is 14.7 Å². The lowest BCUT2D eigenvalue weighted by Gasteiger charge is -2.31. The molecule has 0 unspecified atom stereocenters. The molecule has 0 aromatic heterocycles. The van der Waals surface area contributed by atoms with Crippen molar-refractivity contribution >= 4 is 17.5 Å². The van der Waals surface area contributed by atoms with Crippen molar-refractivity contribution in [1.29, 1.82) is 0 Å². The van der Waals surface area contributed by atoms with Crippen molar-refractivity contribution in [2.75, 3.05) is 18.4 Å². The van der Waals surface area contributed by atoms with E-state index in [1.807, 2.05) is 17.0 Å². The number of carbonyl (C=O) groups is 2. The van der Waals surface area contributed by atoms with E-state index in [4.69, 9.17) is 0 Å². The van der Waals surface area contributed by atoms with Crippen LogP contribution in [0.2, 0.25) is 0 Å². The SMILES string of the molecule is C[C@@H]1CCCN(C(=O)c2ccc(NC(=O)C(O)(c3ccccc3)c3ccccc3)cc2)C1. The maximum Gasteiger partial charge on any atom is 0.265 e. The molecule has 2 N–H and O–H groups in total. The van der Waals surface area contributed by atoms with Gasteiger partial charge in [0.1, 0.15) is 0 Å². The minimum atomic E-state index is -1.85. The fraction of sp³-hybridized carbons (Fsp3) is 0.259. The van der Waals surface area contributed by atoms with Crippen LogP contribution in [0.15, 0.2) is 84.9 Å². The van der Waals surface area contributed by atoms with Crippen molar-refractivity contribution in [1.82, 2.24) is 4.90 Å². The van der Waals surface area contributed by atoms with Crippen LogP contribution in [-0.2, 0) is 10.4 Å². The van der Waals surface area contributed by atoms with E-state index in [1.54, 1.807) is 72.8 Å². The van der Waals surface area contributed by atoms with Crippen LogP contribution in [0.1, 0.15) is 41.3 Å². The van der Waals surface area contributed by atoms with Gasteiger partial charge in [-0.3, -0.25) is 9.59 Å². The molecule has 1 fully saturated rings. The monoisotopic (exact) mass is 428 g/mol. The van der Waals surface area contributed by atoms with Gasteiger partial charge in [-0.1, -0.05) is 67.6 Å². The largest absolute Gasteiger partial charge is 0.372 e. The molecule has 0 spiro atoms. The number of anilines is 1. The van der Waals surface area contributed by atoms with Crippen LogP contribution in [0.5, 0.6) is 0 Å². The molecule has 5 nitrogen and oxygen atoms in total. The Hall–Kier alpha value is -3.44. The summed E-state index contributed by atoms with van der Waals surface area (Å²) >= 11 is 0. The predicted octanol–water partition coefficient (Wildman–Crippen LogP) is 4.43. The molecule has 32 heavy (non-hydrogen) atoms. The Kier molecular flexibility index (Phi) is 6.37. The number of rotatable bonds is 5. The number of hydrogen-bond donors (Lipinski definition) is 2. The molecule has 0 radical (unpaired) electrons. The molecule has 0 bridgehead atoms. The van der Waals surface area contributed by atoms with Gasteiger partial charge in [-0.15, -0.1) is 0 Å². The number of nitrogens with zero attached hydrogens (tertiary/aromatic N) is 1. The van der Waals surface area contributed by atoms with Crippen LogP contribution in [0.25, 0.3) is 0 Å². The predicted molar refractivity (Wildman–Crippen MR) is 125 cm³/mol. The lowest BCUT2D eigenvalue weighted by Crippen LogP contribution is -2.41. The zero-order valence-corrected chi connectivity index (χ0v) is 18.2. The summed E-state index contributed by atoms with van der Waals surface area (Å²) in [6, 6.07) is 24.6. The van der Waals surface area contributed by atoms with Gasteiger partial charge in [0.05, 0.1) is 0 Å². The van der Waals surface area contributed by atoms with Crippen LogP contribution >= 0.6 is 0 Å². The molecular weight excluding hydrogens is 400 g/mol. The maximum atomic E-state index is 13.3. The van der Waals surface area contributed by atoms with Crippen molar-refractivity contribution < 1.29 is 14.7 Å². The number of piperidine rings is 1. The Bertz CT molecular complexity index is 1030. The first-order valence-corrected chi connectivity index (χ1v) is 11.0. The molecule has 1 heterocycles. The molecule has 2 amide bonds. The average molecular weight is 429 g/mol. The van der Waals surface area contributed by atoms with Gasteiger partial charge in [0.2, 0.25) is 0 Å². The Morgan fingerprint density at radius 3 is 2.00 bits per heavy atom. The quantitative estimate of drug-likeness (QED) is 0.632. The van der Waals surface area contributed by atoms with Crippen molar-refractivity contribution in [2.24, 2.45) is 5.92 Å². The van der Waals surface area contributed by atoms with Gasteiger partial charge in [0.15, 0.2) is 5.60 Å². The highest BCUT2D eigenvalue weighted by Gasteiger charge is 2.39. The van der Waals surface area contributed by atoms with Gasteiger partial charge >= 0.3 is 0 Å². The highest BCUT2D eigenvalue weighted by molar-refractivity contribution is 6.01. The summed E-state index contributed by atoms with van der Waals surface area (Å²) in [7, 11) is 0. The molecule has 3 aromatic carbocycles. The number of amides is 2. The first kappa shape index (κ1) is 21.8. The van der Waals surface area contributed by atoms with E-state index in [2.05, 4.69) is 12.2 Å². The van der Waals surface area contributed by atoms with Crippen molar-refractivity contribution in [3.63, 3.8) is 0 Å². The first-order valence-electron chi connectivity index (χ1n) is 11.0. The minimum Gasteiger partial charge on any atom is -0.372 e. The number of aliphatic hydroxyl groups is 1. The van der Waals surface area contributed by atoms with E-state index < -0.39 is 11.5 Å². The number of carbonyl (C=O) groups excluding carboxylic acids is 2. The Balaban J connectivity index is 1.55. The van der Waals surface area contributed by atoms with Crippen LogP contribution in [0.3, 0.4) is 0 Å². The summed E-state index contributed by atoms with van der Waals surface area (Å²) in [5.74, 6) is -0.0294. The molecule has 164 valence electrons. The van der Waals surface area contributed by atoms with E-state index in [1.165, 1.54) is 0 Å². The molecule has 1 saturated heterocycles. The van der Waals surface area contributed by atoms with E-state index in [-0.39, 0.29) is 5.91 Å². The van der Waals surface area contributed by atoms with Gasteiger partial charge in [0, 0.05) is 24.3 Å². The minimum absolute atomic E-state index is 0.0134. The summed E-state index contributed by atoms with van der Waals surface area (Å²) in [6.45, 7) is 3.72. The van der Waals surface area contributed by atoms with Gasteiger partial charge < -0.3 is 15.3 Å². The van der Waals surface area contributed by atoms with Gasteiger partial charge in [-0.2, -0.15) is 0 Å². The van der Waals surface area contributed by atoms with Crippen molar-refractivity contribution in [3.05, 3.63) is 102 Å². The Labute approximate surface area is 188 Å². The zero-order valence-electron chi connectivity index (χ0n) is 18.2. The van der Waals surface area contributed by atoms with Crippen LogP contribution in [0.4, 0.5) is 5.69 Å². The smallest absolute Gasteiger partial charge is 0.265 e. The van der Waals surface area contributed by atoms with E-state index in [0.717, 1.165) is 25.9 Å². The zero-order chi connectivity index (χ0) is 22.6. The molecule has 5 heteroatoms. The summed E-state index contributed by atoms with van der Waals surface area (Å²) in [5, 5.41) is 14.4. The topological polar surface area (TPSA) is 69.6 Å². The summed E-state index contributed by atoms with van der Waals surface area (Å²) in [4.78, 5) is 28.0. The lowest BCUT2D eigenvalue weighted by molar-refractivity contribution is -0.131. The number of hydrogen-bond acceptors (Lipinski definition) is 3. The third-order valence-electron chi connectivity index (χ3n) is 6.05. The highest BCUT2D eigenvalue weighted by atomic mass is 16.3. The lowest BCUT2D eigenvalue weighted by atomic mass is 9.85. The van der Waals surface area contributed by atoms with Gasteiger partial charge in [0.25, 0.3) is 11.8 Å². The second-order valence-corrected chi connectivity index (χ2v) is 8.47. The van der Waals surface area contributed by atoms with E-state index in [0.29, 0.717) is 28.3 Å². The highest BCUT2D eigenvalue weighted by Crippen LogP contribution is 2.31. The molecule has 1 aliphatic rings. The van der Waals surface area contributed by atoms with Gasteiger partial charge in [-0.25, -0.2) is 0 Å². The van der Waals surface area contributed by atoms with Crippen molar-refractivity contribution in [3.8, 4) is 0 Å². The summed E-state index contributed by atoms with van der Waals surface area (Å²) in [5.41, 5.74) is 0.229. The molecule has 0 saturated carbocycles. The molecule has 1 atom stereocenters. The number of nitrogens with one attached hydrogen (secondary N) is 1. The molecule has 0 aliphatic carbocycles. The fourth-order valence-electron chi connectivity index (χ4n) is 4.26. The molecule has 1 aliphatic heterocycles. The molecular formula is C27H28N2O3. The third-order valence-corrected chi connectivity index (χ3v) is 6.05. The second-order valence-electron chi connectivity index (χ2n) is 8.47. The molecule has 3 aromatic rings. The maximum absolute atomic E-state index is 13.3. The Morgan fingerprint density at radius 1 is 0.906 bits per heavy atom. The number of benzene rings is 3. The van der Waals surface area contributed by atoms with Crippen molar-refractivity contribution in [2.45, 2.75) is 25.4 Å².